The first kappa shape index (κ1) is 20.1. The number of nitrogens with one attached hydrogen (secondary N) is 1. The van der Waals surface area contributed by atoms with Crippen molar-refractivity contribution in [3.05, 3.63) is 71.0 Å². The van der Waals surface area contributed by atoms with Gasteiger partial charge in [0.2, 0.25) is 10.0 Å². The standard InChI is InChI=1S/C19H22FNO4S/c1-14-7-8-16(12-18(14)20)13-26(24,25)21-17(9-10-19(22)23)11-15-5-3-2-4-6-15/h2-8,12,17,21H,9-11,13H2,1H3,(H,22,23). The summed E-state index contributed by atoms with van der Waals surface area (Å²) in [4.78, 5) is 10.9. The molecule has 5 nitrogen and oxygen atoms in total. The monoisotopic (exact) mass is 379 g/mol. The van der Waals surface area contributed by atoms with Crippen LogP contribution in [0.25, 0.3) is 0 Å². The van der Waals surface area contributed by atoms with Crippen LogP contribution in [0, 0.1) is 12.7 Å². The van der Waals surface area contributed by atoms with Crippen molar-refractivity contribution in [2.24, 2.45) is 0 Å². The highest BCUT2D eigenvalue weighted by molar-refractivity contribution is 7.88. The largest absolute Gasteiger partial charge is 0.481 e. The second-order valence-electron chi connectivity index (χ2n) is 6.28. The van der Waals surface area contributed by atoms with Crippen LogP contribution >= 0.6 is 0 Å². The Morgan fingerprint density at radius 3 is 2.46 bits per heavy atom. The Morgan fingerprint density at radius 1 is 1.15 bits per heavy atom. The van der Waals surface area contributed by atoms with Crippen molar-refractivity contribution in [3.63, 3.8) is 0 Å². The third-order valence-corrected chi connectivity index (χ3v) is 5.38. The number of hydrogen-bond donors (Lipinski definition) is 2. The first-order valence-corrected chi connectivity index (χ1v) is 9.91. The quantitative estimate of drug-likeness (QED) is 0.701. The van der Waals surface area contributed by atoms with Crippen molar-refractivity contribution in [1.29, 1.82) is 0 Å². The van der Waals surface area contributed by atoms with Crippen molar-refractivity contribution in [3.8, 4) is 0 Å². The van der Waals surface area contributed by atoms with Gasteiger partial charge in [0.25, 0.3) is 0 Å². The molecule has 0 aliphatic heterocycles. The lowest BCUT2D eigenvalue weighted by molar-refractivity contribution is -0.137. The van der Waals surface area contributed by atoms with E-state index in [-0.39, 0.29) is 18.6 Å². The zero-order valence-corrected chi connectivity index (χ0v) is 15.3. The number of halogens is 1. The lowest BCUT2D eigenvalue weighted by atomic mass is 10.0. The summed E-state index contributed by atoms with van der Waals surface area (Å²) in [6.07, 6.45) is 0.417. The lowest BCUT2D eigenvalue weighted by Crippen LogP contribution is -2.37. The van der Waals surface area contributed by atoms with Crippen molar-refractivity contribution in [2.75, 3.05) is 0 Å². The SMILES string of the molecule is Cc1ccc(CS(=O)(=O)NC(CCC(=O)O)Cc2ccccc2)cc1F. The van der Waals surface area contributed by atoms with Crippen LogP contribution in [0.1, 0.15) is 29.5 Å². The number of carbonyl (C=O) groups is 1. The predicted molar refractivity (Wildman–Crippen MR) is 97.7 cm³/mol. The molecule has 2 rings (SSSR count). The van der Waals surface area contributed by atoms with Crippen molar-refractivity contribution < 1.29 is 22.7 Å². The molecule has 2 N–H and O–H groups in total. The average molecular weight is 379 g/mol. The minimum Gasteiger partial charge on any atom is -0.481 e. The van der Waals surface area contributed by atoms with Crippen LogP contribution < -0.4 is 4.72 Å². The van der Waals surface area contributed by atoms with Crippen molar-refractivity contribution in [2.45, 2.75) is 38.0 Å². The van der Waals surface area contributed by atoms with Gasteiger partial charge < -0.3 is 5.11 Å². The highest BCUT2D eigenvalue weighted by Gasteiger charge is 2.20. The first-order valence-electron chi connectivity index (χ1n) is 8.26. The second kappa shape index (κ2) is 8.91. The summed E-state index contributed by atoms with van der Waals surface area (Å²) in [6.45, 7) is 1.60. The summed E-state index contributed by atoms with van der Waals surface area (Å²) in [6, 6.07) is 13.0. The van der Waals surface area contributed by atoms with Crippen LogP contribution in [0.2, 0.25) is 0 Å². The molecule has 0 aromatic heterocycles. The molecule has 0 radical (unpaired) electrons. The minimum atomic E-state index is -3.74. The van der Waals surface area contributed by atoms with Gasteiger partial charge in [0.15, 0.2) is 0 Å². The minimum absolute atomic E-state index is 0.140. The van der Waals surface area contributed by atoms with Crippen molar-refractivity contribution >= 4 is 16.0 Å². The van der Waals surface area contributed by atoms with Crippen LogP contribution in [0.5, 0.6) is 0 Å². The molecule has 1 unspecified atom stereocenters. The Morgan fingerprint density at radius 2 is 1.85 bits per heavy atom. The molecule has 2 aromatic carbocycles. The fourth-order valence-electron chi connectivity index (χ4n) is 2.64. The van der Waals surface area contributed by atoms with Gasteiger partial charge in [-0.05, 0) is 42.5 Å². The Kier molecular flexibility index (Phi) is 6.88. The van der Waals surface area contributed by atoms with E-state index in [1.165, 1.54) is 12.1 Å². The number of aryl methyl sites for hydroxylation is 1. The van der Waals surface area contributed by atoms with Gasteiger partial charge in [-0.2, -0.15) is 0 Å². The molecule has 0 aliphatic rings. The van der Waals surface area contributed by atoms with E-state index >= 15 is 0 Å². The summed E-state index contributed by atoms with van der Waals surface area (Å²) in [5.41, 5.74) is 1.70. The van der Waals surface area contributed by atoms with Gasteiger partial charge in [0.1, 0.15) is 5.82 Å². The van der Waals surface area contributed by atoms with E-state index in [1.807, 2.05) is 30.3 Å². The fourth-order valence-corrected chi connectivity index (χ4v) is 4.05. The lowest BCUT2D eigenvalue weighted by Gasteiger charge is -2.18. The van der Waals surface area contributed by atoms with Gasteiger partial charge in [-0.25, -0.2) is 17.5 Å². The number of carboxylic acids is 1. The normalized spacial score (nSPS) is 12.7. The van der Waals surface area contributed by atoms with Gasteiger partial charge in [0, 0.05) is 12.5 Å². The molecule has 0 saturated heterocycles. The summed E-state index contributed by atoms with van der Waals surface area (Å²) >= 11 is 0. The number of benzene rings is 2. The number of sulfonamides is 1. The summed E-state index contributed by atoms with van der Waals surface area (Å²) < 4.78 is 41.1. The number of hydrogen-bond acceptors (Lipinski definition) is 3. The number of rotatable bonds is 9. The molecule has 26 heavy (non-hydrogen) atoms. The molecular weight excluding hydrogens is 357 g/mol. The molecule has 2 aromatic rings. The maximum Gasteiger partial charge on any atom is 0.303 e. The van der Waals surface area contributed by atoms with Crippen LogP contribution in [-0.4, -0.2) is 25.5 Å². The van der Waals surface area contributed by atoms with Gasteiger partial charge in [-0.1, -0.05) is 42.5 Å². The number of aliphatic carboxylic acids is 1. The van der Waals surface area contributed by atoms with E-state index in [4.69, 9.17) is 5.11 Å². The van der Waals surface area contributed by atoms with Crippen LogP contribution in [0.3, 0.4) is 0 Å². The molecule has 0 saturated carbocycles. The predicted octanol–water partition coefficient (Wildman–Crippen LogP) is 3.03. The summed E-state index contributed by atoms with van der Waals surface area (Å²) in [5, 5.41) is 8.90. The second-order valence-corrected chi connectivity index (χ2v) is 8.03. The molecule has 7 heteroatoms. The molecule has 0 heterocycles. The maximum atomic E-state index is 13.6. The molecule has 0 aliphatic carbocycles. The van der Waals surface area contributed by atoms with Gasteiger partial charge >= 0.3 is 5.97 Å². The summed E-state index contributed by atoms with van der Waals surface area (Å²) in [7, 11) is -3.74. The molecule has 140 valence electrons. The molecule has 0 amide bonds. The Balaban J connectivity index is 2.10. The maximum absolute atomic E-state index is 13.6. The van der Waals surface area contributed by atoms with Gasteiger partial charge in [-0.15, -0.1) is 0 Å². The Hall–Kier alpha value is -2.25. The molecule has 1 atom stereocenters. The van der Waals surface area contributed by atoms with Crippen molar-refractivity contribution in [1.82, 2.24) is 4.72 Å². The topological polar surface area (TPSA) is 83.5 Å². The first-order chi connectivity index (χ1) is 12.2. The van der Waals surface area contributed by atoms with E-state index in [1.54, 1.807) is 13.0 Å². The van der Waals surface area contributed by atoms with E-state index in [2.05, 4.69) is 4.72 Å². The third-order valence-electron chi connectivity index (χ3n) is 3.97. The van der Waals surface area contributed by atoms with E-state index in [0.717, 1.165) is 5.56 Å². The van der Waals surface area contributed by atoms with E-state index < -0.39 is 27.9 Å². The highest BCUT2D eigenvalue weighted by atomic mass is 32.2. The number of carboxylic acid groups (broad SMARTS) is 1. The van der Waals surface area contributed by atoms with Gasteiger partial charge in [0.05, 0.1) is 5.75 Å². The zero-order chi connectivity index (χ0) is 19.2. The Bertz CT molecular complexity index is 853. The average Bonchev–Trinajstić information content (AvgIpc) is 2.56. The highest BCUT2D eigenvalue weighted by Crippen LogP contribution is 2.14. The summed E-state index contributed by atoms with van der Waals surface area (Å²) in [5.74, 6) is -1.80. The van der Waals surface area contributed by atoms with E-state index in [9.17, 15) is 17.6 Å². The Labute approximate surface area is 152 Å². The molecule has 0 spiro atoms. The van der Waals surface area contributed by atoms with E-state index in [0.29, 0.717) is 17.5 Å². The van der Waals surface area contributed by atoms with Crippen LogP contribution in [0.4, 0.5) is 4.39 Å². The third kappa shape index (κ3) is 6.57. The zero-order valence-electron chi connectivity index (χ0n) is 14.5. The van der Waals surface area contributed by atoms with Crippen LogP contribution in [0.15, 0.2) is 48.5 Å². The smallest absolute Gasteiger partial charge is 0.303 e. The molecule has 0 bridgehead atoms. The van der Waals surface area contributed by atoms with Crippen LogP contribution in [-0.2, 0) is 27.0 Å². The van der Waals surface area contributed by atoms with Gasteiger partial charge in [-0.3, -0.25) is 4.79 Å². The molecule has 0 fully saturated rings. The fraction of sp³-hybridized carbons (Fsp3) is 0.316. The molecular formula is C19H22FNO4S.